The molecule has 0 unspecified atom stereocenters. The van der Waals surface area contributed by atoms with E-state index in [0.717, 1.165) is 14.7 Å². The highest BCUT2D eigenvalue weighted by atomic mass is 127. The van der Waals surface area contributed by atoms with Gasteiger partial charge in [0.25, 0.3) is 0 Å². The third-order valence-electron chi connectivity index (χ3n) is 2.76. The molecule has 0 saturated heterocycles. The Labute approximate surface area is 137 Å². The molecule has 0 atom stereocenters. The number of rotatable bonds is 6. The van der Waals surface area contributed by atoms with Crippen LogP contribution in [0, 0.1) is 3.57 Å². The molecule has 0 aliphatic heterocycles. The van der Waals surface area contributed by atoms with E-state index >= 15 is 0 Å². The molecule has 0 bridgehead atoms. The lowest BCUT2D eigenvalue weighted by Gasteiger charge is -2.14. The molecule has 0 amide bonds. The van der Waals surface area contributed by atoms with Crippen LogP contribution < -0.4 is 9.47 Å². The number of halogens is 1. The summed E-state index contributed by atoms with van der Waals surface area (Å²) in [5.74, 6) is 1.35. The van der Waals surface area contributed by atoms with Gasteiger partial charge in [-0.1, -0.05) is 35.5 Å². The van der Waals surface area contributed by atoms with Gasteiger partial charge in [0.15, 0.2) is 11.5 Å². The van der Waals surface area contributed by atoms with Crippen LogP contribution >= 0.6 is 22.6 Å². The Bertz CT molecular complexity index is 614. The minimum absolute atomic E-state index is 0.477. The Balaban J connectivity index is 2.24. The lowest BCUT2D eigenvalue weighted by atomic mass is 10.2. The number of hydrogen-bond donors (Lipinski definition) is 1. The van der Waals surface area contributed by atoms with Gasteiger partial charge in [-0.3, -0.25) is 0 Å². The molecular weight excluding hydrogens is 381 g/mol. The van der Waals surface area contributed by atoms with Gasteiger partial charge >= 0.3 is 0 Å². The normalized spacial score (nSPS) is 10.8. The summed E-state index contributed by atoms with van der Waals surface area (Å²) in [6.45, 7) is 2.93. The number of hydrogen-bond acceptors (Lipinski definition) is 4. The Morgan fingerprint density at radius 3 is 2.62 bits per heavy atom. The molecule has 2 aromatic carbocycles. The molecular formula is C16H16INO3. The van der Waals surface area contributed by atoms with Gasteiger partial charge in [0.1, 0.15) is 6.61 Å². The van der Waals surface area contributed by atoms with Crippen molar-refractivity contribution < 1.29 is 14.7 Å². The molecule has 0 fully saturated rings. The maximum absolute atomic E-state index is 8.65. The molecule has 0 heterocycles. The van der Waals surface area contributed by atoms with E-state index in [1.165, 1.54) is 6.21 Å². The molecule has 0 aliphatic carbocycles. The number of ether oxygens (including phenoxy) is 2. The summed E-state index contributed by atoms with van der Waals surface area (Å²) in [7, 11) is 0. The first-order valence-electron chi connectivity index (χ1n) is 6.55. The van der Waals surface area contributed by atoms with Crippen LogP contribution in [-0.4, -0.2) is 18.0 Å². The Hall–Kier alpha value is -1.76. The molecule has 21 heavy (non-hydrogen) atoms. The van der Waals surface area contributed by atoms with Crippen LogP contribution in [0.5, 0.6) is 11.5 Å². The third kappa shape index (κ3) is 4.35. The lowest BCUT2D eigenvalue weighted by Crippen LogP contribution is -2.02. The molecule has 4 nitrogen and oxygen atoms in total. The van der Waals surface area contributed by atoms with E-state index in [2.05, 4.69) is 27.7 Å². The first-order valence-corrected chi connectivity index (χ1v) is 7.63. The van der Waals surface area contributed by atoms with Gasteiger partial charge in [-0.15, -0.1) is 0 Å². The Kier molecular flexibility index (Phi) is 5.86. The summed E-state index contributed by atoms with van der Waals surface area (Å²) in [5, 5.41) is 11.7. The van der Waals surface area contributed by atoms with Crippen LogP contribution in [0.15, 0.2) is 47.6 Å². The summed E-state index contributed by atoms with van der Waals surface area (Å²) in [6, 6.07) is 13.6. The fraction of sp³-hybridized carbons (Fsp3) is 0.188. The molecule has 5 heteroatoms. The number of benzene rings is 2. The van der Waals surface area contributed by atoms with Crippen molar-refractivity contribution in [3.05, 3.63) is 57.2 Å². The topological polar surface area (TPSA) is 51.0 Å². The van der Waals surface area contributed by atoms with Crippen molar-refractivity contribution in [3.63, 3.8) is 0 Å². The first-order chi connectivity index (χ1) is 10.2. The standard InChI is InChI=1S/C16H16INO3/c1-2-20-15-9-13(10-18-19)8-14(17)16(15)21-11-12-6-4-3-5-7-12/h3-10,19H,2,11H2,1H3. The van der Waals surface area contributed by atoms with Crippen LogP contribution in [0.1, 0.15) is 18.1 Å². The largest absolute Gasteiger partial charge is 0.490 e. The van der Waals surface area contributed by atoms with Gasteiger partial charge in [0, 0.05) is 5.56 Å². The molecule has 0 spiro atoms. The number of oxime groups is 1. The van der Waals surface area contributed by atoms with Crippen molar-refractivity contribution in [2.45, 2.75) is 13.5 Å². The highest BCUT2D eigenvalue weighted by Crippen LogP contribution is 2.34. The minimum Gasteiger partial charge on any atom is -0.490 e. The van der Waals surface area contributed by atoms with Crippen molar-refractivity contribution in [2.24, 2.45) is 5.16 Å². The molecule has 0 saturated carbocycles. The maximum atomic E-state index is 8.65. The van der Waals surface area contributed by atoms with E-state index in [1.807, 2.05) is 43.3 Å². The molecule has 2 rings (SSSR count). The van der Waals surface area contributed by atoms with Gasteiger partial charge in [-0.2, -0.15) is 0 Å². The minimum atomic E-state index is 0.477. The fourth-order valence-electron chi connectivity index (χ4n) is 1.86. The van der Waals surface area contributed by atoms with Gasteiger partial charge in [0.05, 0.1) is 16.4 Å². The molecule has 1 N–H and O–H groups in total. The SMILES string of the molecule is CCOc1cc(C=NO)cc(I)c1OCc1ccccc1. The van der Waals surface area contributed by atoms with Crippen LogP contribution in [-0.2, 0) is 6.61 Å². The average molecular weight is 397 g/mol. The molecule has 0 aliphatic rings. The third-order valence-corrected chi connectivity index (χ3v) is 3.57. The van der Waals surface area contributed by atoms with Gasteiger partial charge < -0.3 is 14.7 Å². The van der Waals surface area contributed by atoms with Crippen molar-refractivity contribution >= 4 is 28.8 Å². The zero-order valence-electron chi connectivity index (χ0n) is 11.6. The van der Waals surface area contributed by atoms with E-state index in [0.29, 0.717) is 24.7 Å². The lowest BCUT2D eigenvalue weighted by molar-refractivity contribution is 0.267. The van der Waals surface area contributed by atoms with Crippen LogP contribution in [0.4, 0.5) is 0 Å². The Morgan fingerprint density at radius 1 is 1.19 bits per heavy atom. The maximum Gasteiger partial charge on any atom is 0.175 e. The quantitative estimate of drug-likeness (QED) is 0.346. The second-order valence-corrected chi connectivity index (χ2v) is 5.44. The van der Waals surface area contributed by atoms with E-state index in [-0.39, 0.29) is 0 Å². The zero-order valence-corrected chi connectivity index (χ0v) is 13.8. The summed E-state index contributed by atoms with van der Waals surface area (Å²) < 4.78 is 12.4. The van der Waals surface area contributed by atoms with Crippen LogP contribution in [0.2, 0.25) is 0 Å². The predicted molar refractivity (Wildman–Crippen MR) is 90.5 cm³/mol. The van der Waals surface area contributed by atoms with Crippen LogP contribution in [0.3, 0.4) is 0 Å². The molecule has 0 radical (unpaired) electrons. The summed E-state index contributed by atoms with van der Waals surface area (Å²) in [5.41, 5.74) is 1.86. The molecule has 2 aromatic rings. The van der Waals surface area contributed by atoms with E-state index in [4.69, 9.17) is 14.7 Å². The number of nitrogens with zero attached hydrogens (tertiary/aromatic N) is 1. The van der Waals surface area contributed by atoms with E-state index in [9.17, 15) is 0 Å². The van der Waals surface area contributed by atoms with Crippen molar-refractivity contribution in [1.82, 2.24) is 0 Å². The second-order valence-electron chi connectivity index (χ2n) is 4.28. The second kappa shape index (κ2) is 7.87. The van der Waals surface area contributed by atoms with Crippen LogP contribution in [0.25, 0.3) is 0 Å². The summed E-state index contributed by atoms with van der Waals surface area (Å²) in [4.78, 5) is 0. The first kappa shape index (κ1) is 15.6. The smallest absolute Gasteiger partial charge is 0.175 e. The van der Waals surface area contributed by atoms with Crippen molar-refractivity contribution in [2.75, 3.05) is 6.61 Å². The van der Waals surface area contributed by atoms with E-state index < -0.39 is 0 Å². The zero-order chi connectivity index (χ0) is 15.1. The fourth-order valence-corrected chi connectivity index (χ4v) is 2.64. The van der Waals surface area contributed by atoms with Gasteiger partial charge in [-0.05, 0) is 47.2 Å². The average Bonchev–Trinajstić information content (AvgIpc) is 2.48. The summed E-state index contributed by atoms with van der Waals surface area (Å²) >= 11 is 2.19. The molecule has 110 valence electrons. The van der Waals surface area contributed by atoms with Gasteiger partial charge in [0.2, 0.25) is 0 Å². The van der Waals surface area contributed by atoms with E-state index in [1.54, 1.807) is 6.07 Å². The summed E-state index contributed by atoms with van der Waals surface area (Å²) in [6.07, 6.45) is 1.37. The Morgan fingerprint density at radius 2 is 1.95 bits per heavy atom. The highest BCUT2D eigenvalue weighted by Gasteiger charge is 2.12. The highest BCUT2D eigenvalue weighted by molar-refractivity contribution is 14.1. The van der Waals surface area contributed by atoms with Crippen molar-refractivity contribution in [1.29, 1.82) is 0 Å². The van der Waals surface area contributed by atoms with Gasteiger partial charge in [-0.25, -0.2) is 0 Å². The van der Waals surface area contributed by atoms with Crippen molar-refractivity contribution in [3.8, 4) is 11.5 Å². The monoisotopic (exact) mass is 397 g/mol. The molecule has 0 aromatic heterocycles. The predicted octanol–water partition coefficient (Wildman–Crippen LogP) is 4.08.